The molecule has 0 aromatic rings. The Hall–Kier alpha value is -0.510. The van der Waals surface area contributed by atoms with Gasteiger partial charge in [0, 0.05) is 0 Å². The van der Waals surface area contributed by atoms with E-state index in [9.17, 15) is 9.00 Å². The van der Waals surface area contributed by atoms with Gasteiger partial charge in [-0.05, 0) is 5.92 Å². The van der Waals surface area contributed by atoms with E-state index >= 15 is 0 Å². The van der Waals surface area contributed by atoms with E-state index in [0.717, 1.165) is 0 Å². The molecule has 0 N–H and O–H groups in total. The van der Waals surface area contributed by atoms with Gasteiger partial charge in [0.05, 0.1) is 5.71 Å². The second-order valence-electron chi connectivity index (χ2n) is 2.52. The molecule has 1 aliphatic heterocycles. The molecule has 1 aliphatic rings. The highest BCUT2D eigenvalue weighted by molar-refractivity contribution is 7.85. The fourth-order valence-electron chi connectivity index (χ4n) is 0.806. The first-order chi connectivity index (χ1) is 4.61. The van der Waals surface area contributed by atoms with E-state index in [-0.39, 0.29) is 17.5 Å². The number of ketones is 1. The molecule has 0 fully saturated rings. The normalized spacial score (nSPS) is 25.7. The third-order valence-corrected chi connectivity index (χ3v) is 2.20. The van der Waals surface area contributed by atoms with Crippen molar-refractivity contribution in [2.75, 3.05) is 5.75 Å². The summed E-state index contributed by atoms with van der Waals surface area (Å²) >= 11 is 0. The van der Waals surface area contributed by atoms with Gasteiger partial charge in [0.25, 0.3) is 0 Å². The van der Waals surface area contributed by atoms with Crippen molar-refractivity contribution in [2.24, 2.45) is 10.3 Å². The largest absolute Gasteiger partial charge is 0.292 e. The molecule has 0 saturated heterocycles. The summed E-state index contributed by atoms with van der Waals surface area (Å²) in [5.41, 5.74) is 0.485. The van der Waals surface area contributed by atoms with Crippen molar-refractivity contribution in [2.45, 2.75) is 13.8 Å². The number of carbonyl (C=O) groups is 1. The molecule has 0 aromatic carbocycles. The molecule has 10 heavy (non-hydrogen) atoms. The number of hydrogen-bond donors (Lipinski definition) is 0. The van der Waals surface area contributed by atoms with Crippen molar-refractivity contribution < 1.29 is 9.00 Å². The van der Waals surface area contributed by atoms with E-state index in [1.807, 2.05) is 13.8 Å². The maximum atomic E-state index is 10.9. The molecule has 0 saturated carbocycles. The van der Waals surface area contributed by atoms with Gasteiger partial charge in [0.15, 0.2) is 5.78 Å². The summed E-state index contributed by atoms with van der Waals surface area (Å²) < 4.78 is 14.4. The summed E-state index contributed by atoms with van der Waals surface area (Å²) in [4.78, 5) is 10.9. The topological polar surface area (TPSA) is 46.5 Å². The summed E-state index contributed by atoms with van der Waals surface area (Å²) in [6.45, 7) is 3.75. The van der Waals surface area contributed by atoms with Gasteiger partial charge in [-0.15, -0.1) is 0 Å². The molecule has 0 amide bonds. The zero-order valence-electron chi connectivity index (χ0n) is 5.96. The second-order valence-corrected chi connectivity index (χ2v) is 3.63. The SMILES string of the molecule is CC(C)C1=NS(=O)CC1=O. The van der Waals surface area contributed by atoms with Gasteiger partial charge in [-0.3, -0.25) is 4.79 Å². The van der Waals surface area contributed by atoms with Crippen LogP contribution in [-0.4, -0.2) is 21.5 Å². The molecule has 1 heterocycles. The number of nitrogens with zero attached hydrogens (tertiary/aromatic N) is 1. The van der Waals surface area contributed by atoms with Crippen LogP contribution in [0.4, 0.5) is 0 Å². The van der Waals surface area contributed by atoms with Crippen LogP contribution >= 0.6 is 0 Å². The van der Waals surface area contributed by atoms with Crippen molar-refractivity contribution >= 4 is 22.5 Å². The van der Waals surface area contributed by atoms with Crippen molar-refractivity contribution in [3.63, 3.8) is 0 Å². The predicted molar refractivity (Wildman–Crippen MR) is 40.3 cm³/mol. The Kier molecular flexibility index (Phi) is 1.99. The highest BCUT2D eigenvalue weighted by Crippen LogP contribution is 2.08. The van der Waals surface area contributed by atoms with Gasteiger partial charge in [0.1, 0.15) is 16.7 Å². The molecule has 1 rings (SSSR count). The molecule has 0 aromatic heterocycles. The van der Waals surface area contributed by atoms with E-state index in [1.165, 1.54) is 0 Å². The first-order valence-corrected chi connectivity index (χ1v) is 4.39. The molecule has 1 atom stereocenters. The molecular formula is C6H9NO2S. The van der Waals surface area contributed by atoms with Gasteiger partial charge in [-0.1, -0.05) is 13.8 Å². The number of rotatable bonds is 1. The molecule has 56 valence electrons. The van der Waals surface area contributed by atoms with E-state index in [4.69, 9.17) is 0 Å². The van der Waals surface area contributed by atoms with Crippen LogP contribution in [0.3, 0.4) is 0 Å². The van der Waals surface area contributed by atoms with Crippen molar-refractivity contribution in [3.05, 3.63) is 0 Å². The maximum absolute atomic E-state index is 10.9. The lowest BCUT2D eigenvalue weighted by Gasteiger charge is -1.97. The fourth-order valence-corrected chi connectivity index (χ4v) is 1.78. The quantitative estimate of drug-likeness (QED) is 0.553. The summed E-state index contributed by atoms with van der Waals surface area (Å²) in [5, 5.41) is 0. The lowest BCUT2D eigenvalue weighted by atomic mass is 10.1. The Bertz CT molecular complexity index is 220. The third-order valence-electron chi connectivity index (χ3n) is 1.29. The summed E-state index contributed by atoms with van der Waals surface area (Å²) in [6.07, 6.45) is 0. The Morgan fingerprint density at radius 2 is 2.20 bits per heavy atom. The van der Waals surface area contributed by atoms with Crippen LogP contribution in [0.1, 0.15) is 13.8 Å². The van der Waals surface area contributed by atoms with E-state index < -0.39 is 11.0 Å². The molecule has 3 nitrogen and oxygen atoms in total. The van der Waals surface area contributed by atoms with Crippen LogP contribution in [0.15, 0.2) is 4.40 Å². The minimum absolute atomic E-state index is 0.0617. The van der Waals surface area contributed by atoms with Crippen LogP contribution in [-0.2, 0) is 15.8 Å². The van der Waals surface area contributed by atoms with Crippen molar-refractivity contribution in [1.29, 1.82) is 0 Å². The molecular weight excluding hydrogens is 150 g/mol. The molecule has 1 unspecified atom stereocenters. The fraction of sp³-hybridized carbons (Fsp3) is 0.667. The number of hydrogen-bond acceptors (Lipinski definition) is 2. The van der Waals surface area contributed by atoms with Crippen LogP contribution in [0, 0.1) is 5.92 Å². The second kappa shape index (κ2) is 2.62. The van der Waals surface area contributed by atoms with Crippen LogP contribution in [0.2, 0.25) is 0 Å². The van der Waals surface area contributed by atoms with Crippen molar-refractivity contribution in [1.82, 2.24) is 0 Å². The van der Waals surface area contributed by atoms with Crippen molar-refractivity contribution in [3.8, 4) is 0 Å². The summed E-state index contributed by atoms with van der Waals surface area (Å²) in [7, 11) is -1.27. The zero-order chi connectivity index (χ0) is 7.72. The highest BCUT2D eigenvalue weighted by atomic mass is 32.2. The first kappa shape index (κ1) is 7.60. The first-order valence-electron chi connectivity index (χ1n) is 3.11. The van der Waals surface area contributed by atoms with Crippen LogP contribution in [0.25, 0.3) is 0 Å². The average molecular weight is 159 g/mol. The third kappa shape index (κ3) is 1.31. The lowest BCUT2D eigenvalue weighted by Crippen LogP contribution is -2.17. The lowest BCUT2D eigenvalue weighted by molar-refractivity contribution is -0.110. The maximum Gasteiger partial charge on any atom is 0.192 e. The molecule has 0 radical (unpaired) electrons. The van der Waals surface area contributed by atoms with Gasteiger partial charge >= 0.3 is 0 Å². The predicted octanol–water partition coefficient (Wildman–Crippen LogP) is 0.330. The monoisotopic (exact) mass is 159 g/mol. The Morgan fingerprint density at radius 1 is 1.60 bits per heavy atom. The molecule has 0 spiro atoms. The zero-order valence-corrected chi connectivity index (χ0v) is 6.77. The average Bonchev–Trinajstić information content (AvgIpc) is 2.10. The van der Waals surface area contributed by atoms with E-state index in [1.54, 1.807) is 0 Å². The number of carbonyl (C=O) groups excluding carboxylic acids is 1. The van der Waals surface area contributed by atoms with E-state index in [0.29, 0.717) is 5.71 Å². The van der Waals surface area contributed by atoms with Gasteiger partial charge in [-0.25, -0.2) is 4.21 Å². The molecule has 0 bridgehead atoms. The van der Waals surface area contributed by atoms with Gasteiger partial charge < -0.3 is 0 Å². The minimum atomic E-state index is -1.27. The van der Waals surface area contributed by atoms with Gasteiger partial charge in [-0.2, -0.15) is 4.40 Å². The molecule has 4 heteroatoms. The Morgan fingerprint density at radius 3 is 2.40 bits per heavy atom. The van der Waals surface area contributed by atoms with Crippen LogP contribution in [0.5, 0.6) is 0 Å². The van der Waals surface area contributed by atoms with Gasteiger partial charge in [0.2, 0.25) is 0 Å². The van der Waals surface area contributed by atoms with Crippen LogP contribution < -0.4 is 0 Å². The summed E-state index contributed by atoms with van der Waals surface area (Å²) in [5.74, 6) is 0.139. The smallest absolute Gasteiger partial charge is 0.192 e. The number of Topliss-reactive ketones (excluding diaryl/α,β-unsaturated/α-hetero) is 1. The summed E-state index contributed by atoms with van der Waals surface area (Å²) in [6, 6.07) is 0. The van der Waals surface area contributed by atoms with E-state index in [2.05, 4.69) is 4.40 Å². The standard InChI is InChI=1S/C6H9NO2S/c1-4(2)6-5(8)3-10(9)7-6/h4H,3H2,1-2H3. The Balaban J connectivity index is 2.85. The molecule has 0 aliphatic carbocycles. The Labute approximate surface area is 62.1 Å². The highest BCUT2D eigenvalue weighted by Gasteiger charge is 2.24. The minimum Gasteiger partial charge on any atom is -0.292 e.